The van der Waals surface area contributed by atoms with Gasteiger partial charge >= 0.3 is 0 Å². The Morgan fingerprint density at radius 1 is 1.33 bits per heavy atom. The molecule has 3 nitrogen and oxygen atoms in total. The monoisotopic (exact) mass is 286 g/mol. The highest BCUT2D eigenvalue weighted by molar-refractivity contribution is 5.91. The van der Waals surface area contributed by atoms with Gasteiger partial charge in [-0.2, -0.15) is 0 Å². The number of carbonyl (C=O) groups is 1. The second-order valence-electron chi connectivity index (χ2n) is 6.98. The van der Waals surface area contributed by atoms with E-state index in [-0.39, 0.29) is 5.41 Å². The first-order chi connectivity index (χ1) is 10.1. The van der Waals surface area contributed by atoms with Gasteiger partial charge in [-0.25, -0.2) is 0 Å². The van der Waals surface area contributed by atoms with E-state index in [4.69, 9.17) is 0 Å². The van der Waals surface area contributed by atoms with Crippen LogP contribution < -0.4 is 5.32 Å². The second kappa shape index (κ2) is 5.80. The zero-order valence-corrected chi connectivity index (χ0v) is 13.1. The summed E-state index contributed by atoms with van der Waals surface area (Å²) in [5, 5.41) is 3.55. The zero-order chi connectivity index (χ0) is 14.9. The minimum Gasteiger partial charge on any atom is -0.339 e. The lowest BCUT2D eigenvalue weighted by molar-refractivity contribution is -0.135. The number of hydrogen-bond donors (Lipinski definition) is 1. The lowest BCUT2D eigenvalue weighted by Gasteiger charge is -2.36. The van der Waals surface area contributed by atoms with Gasteiger partial charge in [-0.05, 0) is 30.7 Å². The van der Waals surface area contributed by atoms with Crippen molar-refractivity contribution in [3.63, 3.8) is 0 Å². The smallest absolute Gasteiger partial charge is 0.233 e. The summed E-state index contributed by atoms with van der Waals surface area (Å²) in [6.45, 7) is 7.13. The SMILES string of the molecule is CC(C)CC1CN(C(=O)C2(c3ccccc3)CC2)CCN1. The molecule has 0 bridgehead atoms. The molecule has 1 N–H and O–H groups in total. The highest BCUT2D eigenvalue weighted by atomic mass is 16.2. The van der Waals surface area contributed by atoms with Crippen molar-refractivity contribution >= 4 is 5.91 Å². The second-order valence-corrected chi connectivity index (χ2v) is 6.98. The van der Waals surface area contributed by atoms with Crippen LogP contribution in [-0.2, 0) is 10.2 Å². The highest BCUT2D eigenvalue weighted by Crippen LogP contribution is 2.49. The first-order valence-electron chi connectivity index (χ1n) is 8.20. The average molecular weight is 286 g/mol. The Kier molecular flexibility index (Phi) is 4.03. The van der Waals surface area contributed by atoms with Crippen molar-refractivity contribution in [2.24, 2.45) is 5.92 Å². The third-order valence-corrected chi connectivity index (χ3v) is 4.78. The molecule has 1 aliphatic carbocycles. The lowest BCUT2D eigenvalue weighted by atomic mass is 9.93. The summed E-state index contributed by atoms with van der Waals surface area (Å²) in [6, 6.07) is 10.8. The van der Waals surface area contributed by atoms with Gasteiger partial charge in [-0.1, -0.05) is 44.2 Å². The molecule has 1 unspecified atom stereocenters. The molecule has 1 atom stereocenters. The molecule has 1 amide bonds. The van der Waals surface area contributed by atoms with E-state index in [0.29, 0.717) is 17.9 Å². The third kappa shape index (κ3) is 2.98. The summed E-state index contributed by atoms with van der Waals surface area (Å²) >= 11 is 0. The topological polar surface area (TPSA) is 32.3 Å². The molecule has 1 aliphatic heterocycles. The van der Waals surface area contributed by atoms with Crippen LogP contribution in [0.25, 0.3) is 0 Å². The van der Waals surface area contributed by atoms with Gasteiger partial charge in [0.25, 0.3) is 0 Å². The molecule has 1 aromatic carbocycles. The number of hydrogen-bond acceptors (Lipinski definition) is 2. The Bertz CT molecular complexity index is 493. The summed E-state index contributed by atoms with van der Waals surface area (Å²) in [4.78, 5) is 15.1. The van der Waals surface area contributed by atoms with Crippen molar-refractivity contribution in [2.75, 3.05) is 19.6 Å². The molecule has 0 aromatic heterocycles. The van der Waals surface area contributed by atoms with Crippen LogP contribution in [0.15, 0.2) is 30.3 Å². The number of nitrogens with zero attached hydrogens (tertiary/aromatic N) is 1. The molecule has 1 saturated heterocycles. The van der Waals surface area contributed by atoms with Crippen molar-refractivity contribution in [3.8, 4) is 0 Å². The van der Waals surface area contributed by atoms with Crippen LogP contribution in [-0.4, -0.2) is 36.5 Å². The number of piperazine rings is 1. The number of rotatable bonds is 4. The van der Waals surface area contributed by atoms with Crippen molar-refractivity contribution in [1.82, 2.24) is 10.2 Å². The molecule has 21 heavy (non-hydrogen) atoms. The molecular weight excluding hydrogens is 260 g/mol. The van der Waals surface area contributed by atoms with E-state index in [0.717, 1.165) is 38.9 Å². The molecule has 1 saturated carbocycles. The predicted octanol–water partition coefficient (Wildman–Crippen LogP) is 2.56. The molecule has 114 valence electrons. The fourth-order valence-electron chi connectivity index (χ4n) is 3.55. The van der Waals surface area contributed by atoms with Gasteiger partial charge < -0.3 is 10.2 Å². The Morgan fingerprint density at radius 2 is 2.05 bits per heavy atom. The third-order valence-electron chi connectivity index (χ3n) is 4.78. The summed E-state index contributed by atoms with van der Waals surface area (Å²) in [7, 11) is 0. The minimum atomic E-state index is -0.207. The maximum Gasteiger partial charge on any atom is 0.233 e. The van der Waals surface area contributed by atoms with Gasteiger partial charge in [-0.15, -0.1) is 0 Å². The Morgan fingerprint density at radius 3 is 2.67 bits per heavy atom. The van der Waals surface area contributed by atoms with Crippen LogP contribution >= 0.6 is 0 Å². The van der Waals surface area contributed by atoms with Crippen molar-refractivity contribution in [3.05, 3.63) is 35.9 Å². The van der Waals surface area contributed by atoms with Crippen LogP contribution in [0.4, 0.5) is 0 Å². The van der Waals surface area contributed by atoms with E-state index in [1.165, 1.54) is 5.56 Å². The van der Waals surface area contributed by atoms with Gasteiger partial charge in [0.2, 0.25) is 5.91 Å². The summed E-state index contributed by atoms with van der Waals surface area (Å²) in [6.07, 6.45) is 3.16. The first kappa shape index (κ1) is 14.6. The average Bonchev–Trinajstić information content (AvgIpc) is 3.29. The van der Waals surface area contributed by atoms with E-state index in [1.807, 2.05) is 18.2 Å². The van der Waals surface area contributed by atoms with Gasteiger partial charge in [-0.3, -0.25) is 4.79 Å². The number of benzene rings is 1. The molecule has 0 radical (unpaired) electrons. The molecule has 2 fully saturated rings. The van der Waals surface area contributed by atoms with E-state index < -0.39 is 0 Å². The quantitative estimate of drug-likeness (QED) is 0.922. The van der Waals surface area contributed by atoms with Gasteiger partial charge in [0.05, 0.1) is 5.41 Å². The van der Waals surface area contributed by atoms with Gasteiger partial charge in [0.15, 0.2) is 0 Å². The Balaban J connectivity index is 1.70. The Labute approximate surface area is 127 Å². The van der Waals surface area contributed by atoms with Crippen LogP contribution in [0.2, 0.25) is 0 Å². The highest BCUT2D eigenvalue weighted by Gasteiger charge is 2.53. The molecule has 2 aliphatic rings. The van der Waals surface area contributed by atoms with Crippen LogP contribution in [0, 0.1) is 5.92 Å². The van der Waals surface area contributed by atoms with E-state index >= 15 is 0 Å². The molecule has 1 heterocycles. The fraction of sp³-hybridized carbons (Fsp3) is 0.611. The summed E-state index contributed by atoms with van der Waals surface area (Å²) in [5.41, 5.74) is 0.995. The van der Waals surface area contributed by atoms with Crippen molar-refractivity contribution in [2.45, 2.75) is 44.6 Å². The van der Waals surface area contributed by atoms with Crippen LogP contribution in [0.3, 0.4) is 0 Å². The predicted molar refractivity (Wildman–Crippen MR) is 85.2 cm³/mol. The van der Waals surface area contributed by atoms with Gasteiger partial charge in [0, 0.05) is 25.7 Å². The standard InChI is InChI=1S/C18H26N2O/c1-14(2)12-16-13-20(11-10-19-16)17(21)18(8-9-18)15-6-4-3-5-7-15/h3-7,14,16,19H,8-13H2,1-2H3. The normalized spacial score (nSPS) is 24.1. The van der Waals surface area contributed by atoms with Gasteiger partial charge in [0.1, 0.15) is 0 Å². The van der Waals surface area contributed by atoms with Crippen LogP contribution in [0.1, 0.15) is 38.7 Å². The van der Waals surface area contributed by atoms with Crippen LogP contribution in [0.5, 0.6) is 0 Å². The molecule has 0 spiro atoms. The summed E-state index contributed by atoms with van der Waals surface area (Å²) < 4.78 is 0. The van der Waals surface area contributed by atoms with E-state index in [1.54, 1.807) is 0 Å². The fourth-order valence-corrected chi connectivity index (χ4v) is 3.55. The molecular formula is C18H26N2O. The lowest BCUT2D eigenvalue weighted by Crippen LogP contribution is -2.55. The summed E-state index contributed by atoms with van der Waals surface area (Å²) in [5.74, 6) is 1.02. The number of carbonyl (C=O) groups excluding carboxylic acids is 1. The maximum absolute atomic E-state index is 13.0. The Hall–Kier alpha value is -1.35. The van der Waals surface area contributed by atoms with Crippen molar-refractivity contribution < 1.29 is 4.79 Å². The maximum atomic E-state index is 13.0. The molecule has 3 rings (SSSR count). The molecule has 3 heteroatoms. The van der Waals surface area contributed by atoms with E-state index in [9.17, 15) is 4.79 Å². The first-order valence-corrected chi connectivity index (χ1v) is 8.20. The minimum absolute atomic E-state index is 0.207. The number of amides is 1. The van der Waals surface area contributed by atoms with Crippen molar-refractivity contribution in [1.29, 1.82) is 0 Å². The number of nitrogens with one attached hydrogen (secondary N) is 1. The molecule has 1 aromatic rings. The largest absolute Gasteiger partial charge is 0.339 e. The van der Waals surface area contributed by atoms with E-state index in [2.05, 4.69) is 36.2 Å². The zero-order valence-electron chi connectivity index (χ0n) is 13.1.